The average molecular weight is 359 g/mol. The van der Waals surface area contributed by atoms with Gasteiger partial charge in [-0.05, 0) is 18.1 Å². The molecule has 0 fully saturated rings. The van der Waals surface area contributed by atoms with Crippen molar-refractivity contribution in [1.29, 1.82) is 0 Å². The first-order valence-electron chi connectivity index (χ1n) is 3.41. The molecule has 12 heavy (non-hydrogen) atoms. The van der Waals surface area contributed by atoms with Crippen molar-refractivity contribution in [1.82, 2.24) is 0 Å². The number of halogens is 2. The molecule has 0 radical (unpaired) electrons. The number of alkyl halides is 2. The average Bonchev–Trinajstić information content (AvgIpc) is 2.04. The summed E-state index contributed by atoms with van der Waals surface area (Å²) >= 11 is 9.58. The van der Waals surface area contributed by atoms with Crippen LogP contribution in [0.3, 0.4) is 0 Å². The van der Waals surface area contributed by atoms with E-state index in [9.17, 15) is 0 Å². The number of hydrogen-bond donors (Lipinski definition) is 1. The summed E-state index contributed by atoms with van der Waals surface area (Å²) in [6.45, 7) is 0. The van der Waals surface area contributed by atoms with Crippen molar-refractivity contribution >= 4 is 51.4 Å². The Kier molecular flexibility index (Phi) is 4.74. The molecule has 0 saturated heterocycles. The van der Waals surface area contributed by atoms with E-state index in [2.05, 4.69) is 51.4 Å². The first-order valence-corrected chi connectivity index (χ1v) is 5.94. The molecule has 0 aromatic heterocycles. The van der Waals surface area contributed by atoms with E-state index in [-0.39, 0.29) is 0 Å². The van der Waals surface area contributed by atoms with Crippen LogP contribution in [0.25, 0.3) is 0 Å². The second-order valence-corrected chi connectivity index (χ2v) is 6.80. The van der Waals surface area contributed by atoms with Gasteiger partial charge in [0.15, 0.2) is 0 Å². The van der Waals surface area contributed by atoms with Crippen molar-refractivity contribution in [2.45, 2.75) is 9.25 Å². The predicted molar refractivity (Wildman–Crippen MR) is 66.5 cm³/mol. The largest absolute Gasteiger partial charge is 0.429 e. The molecule has 0 aliphatic carbocycles. The van der Waals surface area contributed by atoms with E-state index in [1.165, 1.54) is 5.56 Å². The highest BCUT2D eigenvalue weighted by molar-refractivity contribution is 14.1. The monoisotopic (exact) mass is 358 g/mol. The van der Waals surface area contributed by atoms with Gasteiger partial charge in [-0.1, -0.05) is 56.7 Å². The molecular formula is C8H8BrIOS. The summed E-state index contributed by atoms with van der Waals surface area (Å²) in [4.78, 5) is 0. The van der Waals surface area contributed by atoms with E-state index in [4.69, 9.17) is 4.18 Å². The first kappa shape index (κ1) is 10.7. The van der Waals surface area contributed by atoms with Crippen molar-refractivity contribution in [3.8, 4) is 5.75 Å². The van der Waals surface area contributed by atoms with Gasteiger partial charge in [0.2, 0.25) is 0 Å². The molecule has 0 saturated carbocycles. The molecule has 0 aliphatic rings. The van der Waals surface area contributed by atoms with Crippen LogP contribution in [0, 0.1) is 0 Å². The van der Waals surface area contributed by atoms with E-state index in [1.54, 1.807) is 0 Å². The van der Waals surface area contributed by atoms with Gasteiger partial charge in [0, 0.05) is 12.9 Å². The van der Waals surface area contributed by atoms with Gasteiger partial charge in [0.25, 0.3) is 0 Å². The quantitative estimate of drug-likeness (QED) is 0.376. The third kappa shape index (κ3) is 3.14. The Hall–Kier alpha value is 0.580. The zero-order valence-corrected chi connectivity index (χ0v) is 10.8. The van der Waals surface area contributed by atoms with Crippen molar-refractivity contribution in [2.75, 3.05) is 0 Å². The second-order valence-electron chi connectivity index (χ2n) is 2.29. The van der Waals surface area contributed by atoms with Crippen LogP contribution in [0.15, 0.2) is 24.3 Å². The topological polar surface area (TPSA) is 9.23 Å². The molecule has 0 spiro atoms. The van der Waals surface area contributed by atoms with Gasteiger partial charge in [-0.3, -0.25) is 0 Å². The summed E-state index contributed by atoms with van der Waals surface area (Å²) < 4.78 is 5.35. The van der Waals surface area contributed by atoms with Crippen LogP contribution in [-0.2, 0) is 6.42 Å². The molecule has 0 bridgehead atoms. The van der Waals surface area contributed by atoms with Crippen LogP contribution in [0.4, 0.5) is 0 Å². The van der Waals surface area contributed by atoms with Crippen LogP contribution in [0.2, 0.25) is 0 Å². The van der Waals surface area contributed by atoms with Crippen LogP contribution >= 0.6 is 51.4 Å². The molecule has 1 aromatic rings. The molecule has 0 N–H and O–H groups in total. The van der Waals surface area contributed by atoms with Crippen LogP contribution < -0.4 is 4.18 Å². The number of thiol groups is 1. The maximum atomic E-state index is 4.92. The van der Waals surface area contributed by atoms with Gasteiger partial charge < -0.3 is 4.18 Å². The Balaban J connectivity index is 2.82. The normalized spacial score (nSPS) is 12.6. The molecule has 0 aliphatic heterocycles. The summed E-state index contributed by atoms with van der Waals surface area (Å²) in [7, 11) is 0. The minimum absolute atomic E-state index is 0.430. The Morgan fingerprint density at radius 2 is 2.17 bits per heavy atom. The summed E-state index contributed by atoms with van der Waals surface area (Å²) in [5, 5.41) is 0. The molecular weight excluding hydrogens is 351 g/mol. The van der Waals surface area contributed by atoms with E-state index < -0.39 is 0 Å². The molecule has 1 nitrogen and oxygen atoms in total. The Morgan fingerprint density at radius 3 is 2.75 bits per heavy atom. The maximum absolute atomic E-state index is 4.92. The van der Waals surface area contributed by atoms with Crippen LogP contribution in [-0.4, -0.2) is 2.83 Å². The lowest BCUT2D eigenvalue weighted by molar-refractivity contribution is 0.647. The standard InChI is InChI=1S/C8H8BrIOS/c9-8(10)5-6-3-1-2-4-7(6)11-12/h1-4,8,12H,5H2. The van der Waals surface area contributed by atoms with Gasteiger partial charge >= 0.3 is 0 Å². The van der Waals surface area contributed by atoms with E-state index in [1.807, 2.05) is 24.3 Å². The fourth-order valence-corrected chi connectivity index (χ4v) is 1.93. The second kappa shape index (κ2) is 5.34. The van der Waals surface area contributed by atoms with Crippen molar-refractivity contribution in [3.63, 3.8) is 0 Å². The van der Waals surface area contributed by atoms with E-state index in [0.29, 0.717) is 2.83 Å². The minimum Gasteiger partial charge on any atom is -0.429 e. The van der Waals surface area contributed by atoms with Gasteiger partial charge in [-0.25, -0.2) is 0 Å². The summed E-state index contributed by atoms with van der Waals surface area (Å²) in [6.07, 6.45) is 0.942. The molecule has 1 rings (SSSR count). The highest BCUT2D eigenvalue weighted by Gasteiger charge is 2.05. The van der Waals surface area contributed by atoms with Crippen molar-refractivity contribution < 1.29 is 4.18 Å². The van der Waals surface area contributed by atoms with Crippen LogP contribution in [0.5, 0.6) is 5.75 Å². The highest BCUT2D eigenvalue weighted by Crippen LogP contribution is 2.24. The van der Waals surface area contributed by atoms with Gasteiger partial charge in [-0.2, -0.15) is 0 Å². The van der Waals surface area contributed by atoms with E-state index in [0.717, 1.165) is 12.2 Å². The molecule has 66 valence electrons. The zero-order chi connectivity index (χ0) is 8.97. The number of hydrogen-bond acceptors (Lipinski definition) is 2. The smallest absolute Gasteiger partial charge is 0.140 e. The molecule has 1 aromatic carbocycles. The van der Waals surface area contributed by atoms with E-state index >= 15 is 0 Å². The zero-order valence-electron chi connectivity index (χ0n) is 6.21. The molecule has 0 heterocycles. The fraction of sp³-hybridized carbons (Fsp3) is 0.250. The lowest BCUT2D eigenvalue weighted by Crippen LogP contribution is -1.94. The predicted octanol–water partition coefficient (Wildman–Crippen LogP) is 3.61. The maximum Gasteiger partial charge on any atom is 0.140 e. The lowest BCUT2D eigenvalue weighted by Gasteiger charge is -2.06. The minimum atomic E-state index is 0.430. The van der Waals surface area contributed by atoms with Crippen molar-refractivity contribution in [2.24, 2.45) is 0 Å². The lowest BCUT2D eigenvalue weighted by atomic mass is 10.1. The molecule has 0 amide bonds. The van der Waals surface area contributed by atoms with Gasteiger partial charge in [0.05, 0.1) is 2.83 Å². The Bertz CT molecular complexity index is 255. The fourth-order valence-electron chi connectivity index (χ4n) is 0.928. The van der Waals surface area contributed by atoms with Crippen molar-refractivity contribution in [3.05, 3.63) is 29.8 Å². The van der Waals surface area contributed by atoms with Gasteiger partial charge in [0.1, 0.15) is 5.75 Å². The summed E-state index contributed by atoms with van der Waals surface area (Å²) in [5.74, 6) is 0.835. The van der Waals surface area contributed by atoms with Crippen LogP contribution in [0.1, 0.15) is 5.56 Å². The SMILES string of the molecule is SOc1ccccc1CC(Br)I. The molecule has 4 heteroatoms. The molecule has 1 unspecified atom stereocenters. The Labute approximate surface area is 99.8 Å². The third-order valence-corrected chi connectivity index (χ3v) is 2.41. The number of benzene rings is 1. The summed E-state index contributed by atoms with van der Waals surface area (Å²) in [5.41, 5.74) is 1.17. The first-order chi connectivity index (χ1) is 5.74. The van der Waals surface area contributed by atoms with Gasteiger partial charge in [-0.15, -0.1) is 0 Å². The highest BCUT2D eigenvalue weighted by atomic mass is 127. The number of rotatable bonds is 3. The third-order valence-electron chi connectivity index (χ3n) is 1.45. The summed E-state index contributed by atoms with van der Waals surface area (Å²) in [6, 6.07) is 7.88. The molecule has 1 atom stereocenters. The number of para-hydroxylation sites is 1. The Morgan fingerprint density at radius 1 is 1.50 bits per heavy atom.